The van der Waals surface area contributed by atoms with E-state index in [1.807, 2.05) is 6.92 Å². The molecule has 5 rings (SSSR count). The van der Waals surface area contributed by atoms with Gasteiger partial charge in [-0.2, -0.15) is 30.1 Å². The first-order chi connectivity index (χ1) is 21.8. The molecule has 47 heavy (non-hydrogen) atoms. The minimum atomic E-state index is -5.19. The first kappa shape index (κ1) is 33.7. The zero-order chi connectivity index (χ0) is 34.4. The van der Waals surface area contributed by atoms with Gasteiger partial charge in [0.1, 0.15) is 5.58 Å². The van der Waals surface area contributed by atoms with Crippen LogP contribution in [0.2, 0.25) is 0 Å². The van der Waals surface area contributed by atoms with Gasteiger partial charge in [0.2, 0.25) is 0 Å². The van der Waals surface area contributed by atoms with E-state index < -0.39 is 71.9 Å². The van der Waals surface area contributed by atoms with Gasteiger partial charge in [-0.3, -0.25) is 0 Å². The molecule has 0 aliphatic heterocycles. The topological polar surface area (TPSA) is 102 Å². The van der Waals surface area contributed by atoms with Gasteiger partial charge in [0.15, 0.2) is 0 Å². The molecule has 0 bridgehead atoms. The van der Waals surface area contributed by atoms with Crippen LogP contribution in [0.1, 0.15) is 27.8 Å². The van der Waals surface area contributed by atoms with Crippen molar-refractivity contribution in [3.63, 3.8) is 0 Å². The molecular weight excluding hydrogens is 672 g/mol. The van der Waals surface area contributed by atoms with Gasteiger partial charge >= 0.3 is 18.0 Å². The van der Waals surface area contributed by atoms with E-state index in [9.17, 15) is 48.0 Å². The van der Waals surface area contributed by atoms with E-state index in [2.05, 4.69) is 0 Å². The van der Waals surface area contributed by atoms with E-state index in [1.54, 1.807) is 24.3 Å². The molecule has 0 fully saturated rings. The van der Waals surface area contributed by atoms with Gasteiger partial charge in [0.05, 0.1) is 33.9 Å². The molecule has 7 nitrogen and oxygen atoms in total. The van der Waals surface area contributed by atoms with Crippen molar-refractivity contribution < 1.29 is 47.6 Å². The zero-order valence-corrected chi connectivity index (χ0v) is 25.8. The molecule has 0 radical (unpaired) electrons. The highest BCUT2D eigenvalue weighted by atomic mass is 32.3. The highest BCUT2D eigenvalue weighted by Crippen LogP contribution is 2.36. The van der Waals surface area contributed by atoms with Crippen LogP contribution in [0, 0.1) is 6.92 Å². The molecule has 0 aliphatic rings. The molecule has 0 spiro atoms. The maximum Gasteiger partial charge on any atom is 0.416 e. The SMILES string of the molecule is Cc1ccc(-c2cc3cc(N(S(=O)(=O)Cc4ccc(C(F)(F)F)cc4)S(=O)(=O)Cc4ccccc4C(F)(F)F)ccc3oc2=O)cc1. The maximum atomic E-state index is 13.9. The monoisotopic (exact) mass is 695 g/mol. The van der Waals surface area contributed by atoms with Gasteiger partial charge in [0.25, 0.3) is 20.0 Å². The Morgan fingerprint density at radius 1 is 0.702 bits per heavy atom. The molecule has 1 aromatic heterocycles. The van der Waals surface area contributed by atoms with E-state index in [-0.39, 0.29) is 25.8 Å². The van der Waals surface area contributed by atoms with Gasteiger partial charge in [-0.15, -0.1) is 0 Å². The Balaban J connectivity index is 1.65. The maximum absolute atomic E-state index is 13.9. The molecule has 5 aromatic rings. The second-order valence-electron chi connectivity index (χ2n) is 10.6. The number of alkyl halides is 6. The van der Waals surface area contributed by atoms with Crippen LogP contribution >= 0.6 is 0 Å². The number of fused-ring (bicyclic) bond motifs is 1. The highest BCUT2D eigenvalue weighted by Gasteiger charge is 2.39. The number of halogens is 6. The summed E-state index contributed by atoms with van der Waals surface area (Å²) in [7, 11) is -10.2. The number of rotatable bonds is 8. The van der Waals surface area contributed by atoms with E-state index in [1.165, 1.54) is 6.07 Å². The quantitative estimate of drug-likeness (QED) is 0.122. The van der Waals surface area contributed by atoms with Crippen molar-refractivity contribution in [2.75, 3.05) is 3.71 Å². The third-order valence-corrected chi connectivity index (χ3v) is 11.3. The van der Waals surface area contributed by atoms with E-state index in [0.717, 1.165) is 54.1 Å². The molecule has 0 aliphatic carbocycles. The Morgan fingerprint density at radius 3 is 1.94 bits per heavy atom. The van der Waals surface area contributed by atoms with Gasteiger partial charge in [0, 0.05) is 5.39 Å². The lowest BCUT2D eigenvalue weighted by Gasteiger charge is -2.25. The van der Waals surface area contributed by atoms with Gasteiger partial charge in [-0.1, -0.05) is 60.2 Å². The van der Waals surface area contributed by atoms with Crippen LogP contribution in [0.5, 0.6) is 0 Å². The summed E-state index contributed by atoms with van der Waals surface area (Å²) in [6.45, 7) is 1.83. The molecule has 1 heterocycles. The largest absolute Gasteiger partial charge is 0.422 e. The number of aryl methyl sites for hydroxylation is 1. The first-order valence-corrected chi connectivity index (χ1v) is 16.8. The third-order valence-electron chi connectivity index (χ3n) is 7.09. The Labute approximate surface area is 264 Å². The number of anilines is 1. The van der Waals surface area contributed by atoms with E-state index in [0.29, 0.717) is 23.8 Å². The molecule has 15 heteroatoms. The smallest absolute Gasteiger partial charge is 0.416 e. The van der Waals surface area contributed by atoms with Crippen molar-refractivity contribution in [2.24, 2.45) is 0 Å². The average molecular weight is 696 g/mol. The van der Waals surface area contributed by atoms with Crippen molar-refractivity contribution in [3.05, 3.63) is 135 Å². The summed E-state index contributed by atoms with van der Waals surface area (Å²) in [5, 5.41) is 0.0818. The van der Waals surface area contributed by atoms with Crippen LogP contribution in [0.4, 0.5) is 32.0 Å². The molecule has 0 atom stereocenters. The molecular formula is C32H23F6NO6S2. The van der Waals surface area contributed by atoms with Gasteiger partial charge in [-0.05, 0) is 66.1 Å². The van der Waals surface area contributed by atoms with Gasteiger partial charge in [-0.25, -0.2) is 21.6 Å². The Bertz CT molecular complexity index is 2230. The number of hydrogen-bond acceptors (Lipinski definition) is 6. The van der Waals surface area contributed by atoms with E-state index in [4.69, 9.17) is 4.42 Å². The lowest BCUT2D eigenvalue weighted by molar-refractivity contribution is -0.138. The van der Waals surface area contributed by atoms with Crippen LogP contribution in [-0.4, -0.2) is 16.8 Å². The predicted molar refractivity (Wildman–Crippen MR) is 163 cm³/mol. The van der Waals surface area contributed by atoms with Crippen molar-refractivity contribution in [1.29, 1.82) is 0 Å². The lowest BCUT2D eigenvalue weighted by atomic mass is 10.0. The summed E-state index contributed by atoms with van der Waals surface area (Å²) in [6.07, 6.45) is -9.70. The summed E-state index contributed by atoms with van der Waals surface area (Å²) in [4.78, 5) is 12.7. The number of nitrogens with zero attached hydrogens (tertiary/aromatic N) is 1. The van der Waals surface area contributed by atoms with Crippen LogP contribution < -0.4 is 9.34 Å². The molecule has 0 saturated heterocycles. The Kier molecular flexibility index (Phi) is 8.75. The van der Waals surface area contributed by atoms with Crippen molar-refractivity contribution >= 4 is 36.7 Å². The van der Waals surface area contributed by atoms with Crippen molar-refractivity contribution in [2.45, 2.75) is 30.8 Å². The summed E-state index contributed by atoms with van der Waals surface area (Å²) >= 11 is 0. The summed E-state index contributed by atoms with van der Waals surface area (Å²) in [6, 6.07) is 18.0. The Hall–Kier alpha value is -4.63. The second kappa shape index (κ2) is 12.2. The van der Waals surface area contributed by atoms with Crippen molar-refractivity contribution in [3.8, 4) is 11.1 Å². The molecule has 0 unspecified atom stereocenters. The fraction of sp³-hybridized carbons (Fsp3) is 0.156. The summed E-state index contributed by atoms with van der Waals surface area (Å²) < 4.78 is 141. The first-order valence-electron chi connectivity index (χ1n) is 13.6. The normalized spacial score (nSPS) is 12.7. The summed E-state index contributed by atoms with van der Waals surface area (Å²) in [5.41, 5.74) is -3.24. The zero-order valence-electron chi connectivity index (χ0n) is 24.1. The minimum Gasteiger partial charge on any atom is -0.422 e. The van der Waals surface area contributed by atoms with Gasteiger partial charge < -0.3 is 4.42 Å². The van der Waals surface area contributed by atoms with Crippen LogP contribution in [0.3, 0.4) is 0 Å². The molecule has 0 N–H and O–H groups in total. The molecule has 0 amide bonds. The summed E-state index contributed by atoms with van der Waals surface area (Å²) in [5.74, 6) is -2.52. The van der Waals surface area contributed by atoms with Crippen LogP contribution in [0.15, 0.2) is 106 Å². The number of hydrogen-bond donors (Lipinski definition) is 0. The average Bonchev–Trinajstić information content (AvgIpc) is 2.96. The van der Waals surface area contributed by atoms with Crippen LogP contribution in [0.25, 0.3) is 22.1 Å². The molecule has 4 aromatic carbocycles. The van der Waals surface area contributed by atoms with Crippen LogP contribution in [-0.2, 0) is 43.9 Å². The number of benzene rings is 4. The fourth-order valence-corrected chi connectivity index (χ4v) is 8.95. The molecule has 0 saturated carbocycles. The van der Waals surface area contributed by atoms with Crippen molar-refractivity contribution in [1.82, 2.24) is 0 Å². The highest BCUT2D eigenvalue weighted by molar-refractivity contribution is 8.09. The lowest BCUT2D eigenvalue weighted by Crippen LogP contribution is -2.39. The minimum absolute atomic E-state index is 0.0408. The second-order valence-corrected chi connectivity index (χ2v) is 14.5. The Morgan fingerprint density at radius 2 is 1.32 bits per heavy atom. The number of sulfonamides is 2. The predicted octanol–water partition coefficient (Wildman–Crippen LogP) is 7.67. The third kappa shape index (κ3) is 7.36. The standard InChI is InChI=1S/C32H23F6NO6S2/c1-20-6-10-22(11-7-20)27-17-24-16-26(14-15-29(24)45-30(27)40)39(46(41,42)18-21-8-12-25(13-9-21)31(33,34)35)47(43,44)19-23-4-2-3-5-28(23)32(36,37)38/h2-17H,18-19H2,1H3. The fourth-order valence-electron chi connectivity index (χ4n) is 4.89. The molecule has 246 valence electrons. The van der Waals surface area contributed by atoms with E-state index >= 15 is 0 Å².